The molecule has 184 valence electrons. The molecule has 6 heteroatoms. The first kappa shape index (κ1) is 22.5. The highest BCUT2D eigenvalue weighted by molar-refractivity contribution is 5.95. The average Bonchev–Trinajstić information content (AvgIpc) is 3.55. The number of carbonyl (C=O) groups excluding carboxylic acids is 1. The predicted molar refractivity (Wildman–Crippen MR) is 135 cm³/mol. The van der Waals surface area contributed by atoms with Gasteiger partial charge in [-0.05, 0) is 101 Å². The minimum absolute atomic E-state index is 0.0139. The zero-order valence-corrected chi connectivity index (χ0v) is 20.2. The van der Waals surface area contributed by atoms with Gasteiger partial charge in [0.15, 0.2) is 11.5 Å². The molecule has 1 saturated heterocycles. The quantitative estimate of drug-likeness (QED) is 0.495. The number of para-hydroxylation sites is 1. The van der Waals surface area contributed by atoms with E-state index in [9.17, 15) is 4.79 Å². The highest BCUT2D eigenvalue weighted by atomic mass is 16.7. The van der Waals surface area contributed by atoms with E-state index in [1.807, 2.05) is 24.5 Å². The van der Waals surface area contributed by atoms with Gasteiger partial charge in [0.05, 0.1) is 6.26 Å². The highest BCUT2D eigenvalue weighted by Gasteiger charge is 2.26. The summed E-state index contributed by atoms with van der Waals surface area (Å²) < 4.78 is 16.5. The Morgan fingerprint density at radius 2 is 1.74 bits per heavy atom. The summed E-state index contributed by atoms with van der Waals surface area (Å²) in [7, 11) is 0. The Kier molecular flexibility index (Phi) is 6.38. The fraction of sp³-hybridized carbons (Fsp3) is 0.483. The normalized spacial score (nSPS) is 23.0. The van der Waals surface area contributed by atoms with Crippen molar-refractivity contribution in [1.29, 1.82) is 0 Å². The molecule has 3 aromatic rings. The molecule has 2 aliphatic heterocycles. The molecule has 1 aliphatic carbocycles. The molecule has 0 spiro atoms. The van der Waals surface area contributed by atoms with Crippen LogP contribution < -0.4 is 14.8 Å². The Hall–Kier alpha value is -2.99. The summed E-state index contributed by atoms with van der Waals surface area (Å²) in [4.78, 5) is 15.3. The first-order valence-corrected chi connectivity index (χ1v) is 13.1. The SMILES string of the molecule is O=C(N[C@H]1CC[C@H](CCN2CCC(c3coc4ccccc34)CC2)CC1)c1ccc2c(c1)OCO2. The van der Waals surface area contributed by atoms with Crippen LogP contribution in [0.3, 0.4) is 0 Å². The molecule has 3 aliphatic rings. The van der Waals surface area contributed by atoms with E-state index in [0.29, 0.717) is 23.0 Å². The molecule has 3 heterocycles. The summed E-state index contributed by atoms with van der Waals surface area (Å²) in [5.74, 6) is 2.73. The Morgan fingerprint density at radius 3 is 2.60 bits per heavy atom. The van der Waals surface area contributed by atoms with Crippen LogP contribution in [0.5, 0.6) is 11.5 Å². The number of benzene rings is 2. The fourth-order valence-electron chi connectivity index (χ4n) is 6.05. The number of piperidine rings is 1. The summed E-state index contributed by atoms with van der Waals surface area (Å²) in [6, 6.07) is 14.1. The van der Waals surface area contributed by atoms with Gasteiger partial charge in [0, 0.05) is 22.6 Å². The predicted octanol–water partition coefficient (Wildman–Crippen LogP) is 5.72. The zero-order chi connectivity index (χ0) is 23.6. The number of likely N-dealkylation sites (tertiary alicyclic amines) is 1. The Morgan fingerprint density at radius 1 is 0.943 bits per heavy atom. The standard InChI is InChI=1S/C29H34N2O4/c32-29(22-7-10-27-28(17-22)35-19-34-27)30-23-8-5-20(6-9-23)11-14-31-15-12-21(13-16-31)25-18-33-26-4-2-1-3-24(25)26/h1-4,7,10,17-18,20-21,23H,5-6,8-9,11-16,19H2,(H,30,32)/t20-,23-. The van der Waals surface area contributed by atoms with Gasteiger partial charge in [0.25, 0.3) is 5.91 Å². The number of nitrogens with zero attached hydrogens (tertiary/aromatic N) is 1. The Labute approximate surface area is 206 Å². The van der Waals surface area contributed by atoms with Crippen LogP contribution in [0.15, 0.2) is 53.1 Å². The molecule has 1 amide bonds. The van der Waals surface area contributed by atoms with E-state index in [-0.39, 0.29) is 18.7 Å². The van der Waals surface area contributed by atoms with Crippen LogP contribution >= 0.6 is 0 Å². The molecule has 6 rings (SSSR count). The molecular weight excluding hydrogens is 440 g/mol. The smallest absolute Gasteiger partial charge is 0.251 e. The number of hydrogen-bond acceptors (Lipinski definition) is 5. The van der Waals surface area contributed by atoms with Crippen LogP contribution in [-0.4, -0.2) is 43.3 Å². The van der Waals surface area contributed by atoms with E-state index in [2.05, 4.69) is 28.4 Å². The second-order valence-corrected chi connectivity index (χ2v) is 10.4. The van der Waals surface area contributed by atoms with Crippen molar-refractivity contribution in [2.45, 2.75) is 56.9 Å². The Balaban J connectivity index is 0.922. The Bertz CT molecular complexity index is 1170. The van der Waals surface area contributed by atoms with Gasteiger partial charge >= 0.3 is 0 Å². The minimum atomic E-state index is -0.0139. The number of amides is 1. The third-order valence-electron chi connectivity index (χ3n) is 8.21. The van der Waals surface area contributed by atoms with Gasteiger partial charge < -0.3 is 24.1 Å². The number of nitrogens with one attached hydrogen (secondary N) is 1. The summed E-state index contributed by atoms with van der Waals surface area (Å²) >= 11 is 0. The van der Waals surface area contributed by atoms with Crippen molar-refractivity contribution in [3.8, 4) is 11.5 Å². The van der Waals surface area contributed by atoms with E-state index in [1.54, 1.807) is 6.07 Å². The van der Waals surface area contributed by atoms with Crippen molar-refractivity contribution < 1.29 is 18.7 Å². The van der Waals surface area contributed by atoms with Crippen molar-refractivity contribution in [2.24, 2.45) is 5.92 Å². The molecule has 0 radical (unpaired) electrons. The van der Waals surface area contributed by atoms with Gasteiger partial charge in [-0.25, -0.2) is 0 Å². The second-order valence-electron chi connectivity index (χ2n) is 10.4. The number of carbonyl (C=O) groups is 1. The maximum absolute atomic E-state index is 12.7. The molecule has 6 nitrogen and oxygen atoms in total. The summed E-state index contributed by atoms with van der Waals surface area (Å²) in [5.41, 5.74) is 3.04. The van der Waals surface area contributed by atoms with Crippen molar-refractivity contribution >= 4 is 16.9 Å². The number of fused-ring (bicyclic) bond motifs is 2. The van der Waals surface area contributed by atoms with Crippen LogP contribution in [0.25, 0.3) is 11.0 Å². The van der Waals surface area contributed by atoms with E-state index in [1.165, 1.54) is 62.7 Å². The molecule has 0 bridgehead atoms. The molecule has 0 atom stereocenters. The van der Waals surface area contributed by atoms with Crippen molar-refractivity contribution in [3.63, 3.8) is 0 Å². The van der Waals surface area contributed by atoms with Crippen molar-refractivity contribution in [1.82, 2.24) is 10.2 Å². The van der Waals surface area contributed by atoms with Gasteiger partial charge in [-0.3, -0.25) is 4.79 Å². The lowest BCUT2D eigenvalue weighted by Gasteiger charge is -2.34. The van der Waals surface area contributed by atoms with Crippen LogP contribution in [0.1, 0.15) is 66.8 Å². The van der Waals surface area contributed by atoms with E-state index < -0.39 is 0 Å². The lowest BCUT2D eigenvalue weighted by molar-refractivity contribution is 0.0918. The molecule has 0 unspecified atom stereocenters. The van der Waals surface area contributed by atoms with Crippen molar-refractivity contribution in [2.75, 3.05) is 26.4 Å². The minimum Gasteiger partial charge on any atom is -0.464 e. The highest BCUT2D eigenvalue weighted by Crippen LogP contribution is 2.35. The summed E-state index contributed by atoms with van der Waals surface area (Å²) in [6.07, 6.45) is 10.2. The van der Waals surface area contributed by atoms with Gasteiger partial charge in [0.1, 0.15) is 5.58 Å². The van der Waals surface area contributed by atoms with Crippen LogP contribution in [0.2, 0.25) is 0 Å². The summed E-state index contributed by atoms with van der Waals surface area (Å²) in [5, 5.41) is 4.52. The van der Waals surface area contributed by atoms with E-state index >= 15 is 0 Å². The molecular formula is C29H34N2O4. The van der Waals surface area contributed by atoms with Crippen molar-refractivity contribution in [3.05, 3.63) is 59.9 Å². The maximum Gasteiger partial charge on any atom is 0.251 e. The second kappa shape index (κ2) is 9.94. The monoisotopic (exact) mass is 474 g/mol. The zero-order valence-electron chi connectivity index (χ0n) is 20.2. The van der Waals surface area contributed by atoms with Gasteiger partial charge in [0.2, 0.25) is 6.79 Å². The van der Waals surface area contributed by atoms with Crippen LogP contribution in [0.4, 0.5) is 0 Å². The molecule has 1 aromatic heterocycles. The number of rotatable bonds is 6. The topological polar surface area (TPSA) is 63.9 Å². The summed E-state index contributed by atoms with van der Waals surface area (Å²) in [6.45, 7) is 3.76. The first-order valence-electron chi connectivity index (χ1n) is 13.1. The van der Waals surface area contributed by atoms with E-state index in [0.717, 1.165) is 24.3 Å². The molecule has 2 aromatic carbocycles. The number of furan rings is 1. The first-order chi connectivity index (χ1) is 17.2. The van der Waals surface area contributed by atoms with Gasteiger partial charge in [-0.1, -0.05) is 18.2 Å². The number of hydrogen-bond donors (Lipinski definition) is 1. The lowest BCUT2D eigenvalue weighted by Crippen LogP contribution is -2.38. The fourth-order valence-corrected chi connectivity index (χ4v) is 6.05. The average molecular weight is 475 g/mol. The molecule has 2 fully saturated rings. The third kappa shape index (κ3) is 4.90. The molecule has 1 N–H and O–H groups in total. The van der Waals surface area contributed by atoms with E-state index in [4.69, 9.17) is 13.9 Å². The largest absolute Gasteiger partial charge is 0.464 e. The third-order valence-corrected chi connectivity index (χ3v) is 8.21. The van der Waals surface area contributed by atoms with Gasteiger partial charge in [-0.2, -0.15) is 0 Å². The molecule has 35 heavy (non-hydrogen) atoms. The molecule has 1 saturated carbocycles. The maximum atomic E-state index is 12.7. The van der Waals surface area contributed by atoms with Crippen LogP contribution in [0, 0.1) is 5.92 Å². The number of ether oxygens (including phenoxy) is 2. The van der Waals surface area contributed by atoms with Gasteiger partial charge in [-0.15, -0.1) is 0 Å². The lowest BCUT2D eigenvalue weighted by atomic mass is 9.83. The van der Waals surface area contributed by atoms with Crippen LogP contribution in [-0.2, 0) is 0 Å².